The first kappa shape index (κ1) is 15.5. The van der Waals surface area contributed by atoms with Crippen molar-refractivity contribution in [2.75, 3.05) is 11.4 Å². The molecule has 19 heavy (non-hydrogen) atoms. The normalized spacial score (nSPS) is 12.5. The van der Waals surface area contributed by atoms with Crippen molar-refractivity contribution in [3.63, 3.8) is 0 Å². The highest BCUT2D eigenvalue weighted by molar-refractivity contribution is 5.74. The van der Waals surface area contributed by atoms with Crippen LogP contribution in [0.25, 0.3) is 0 Å². The summed E-state index contributed by atoms with van der Waals surface area (Å²) in [5.41, 5.74) is 2.18. The van der Waals surface area contributed by atoms with Crippen LogP contribution in [-0.2, 0) is 4.79 Å². The highest BCUT2D eigenvalue weighted by atomic mass is 16.4. The molecule has 106 valence electrons. The Morgan fingerprint density at radius 1 is 1.16 bits per heavy atom. The van der Waals surface area contributed by atoms with Gasteiger partial charge in [0.15, 0.2) is 0 Å². The van der Waals surface area contributed by atoms with Gasteiger partial charge in [-0.05, 0) is 44.7 Å². The van der Waals surface area contributed by atoms with Gasteiger partial charge in [0.2, 0.25) is 0 Å². The first-order valence-electron chi connectivity index (χ1n) is 6.95. The Labute approximate surface area is 116 Å². The molecule has 0 heterocycles. The average molecular weight is 263 g/mol. The Morgan fingerprint density at radius 2 is 1.74 bits per heavy atom. The van der Waals surface area contributed by atoms with E-state index in [-0.39, 0.29) is 12.6 Å². The number of carbonyl (C=O) groups is 1. The van der Waals surface area contributed by atoms with Crippen molar-refractivity contribution in [3.8, 4) is 0 Å². The first-order valence-corrected chi connectivity index (χ1v) is 6.95. The van der Waals surface area contributed by atoms with Crippen LogP contribution in [0.2, 0.25) is 0 Å². The predicted octanol–water partition coefficient (Wildman–Crippen LogP) is 3.71. The molecule has 0 aliphatic carbocycles. The smallest absolute Gasteiger partial charge is 0.323 e. The van der Waals surface area contributed by atoms with E-state index in [0.717, 1.165) is 18.5 Å². The van der Waals surface area contributed by atoms with Gasteiger partial charge in [-0.1, -0.05) is 31.5 Å². The van der Waals surface area contributed by atoms with E-state index in [1.54, 1.807) is 0 Å². The van der Waals surface area contributed by atoms with Gasteiger partial charge in [0.05, 0.1) is 0 Å². The molecule has 1 N–H and O–H groups in total. The van der Waals surface area contributed by atoms with Gasteiger partial charge in [0, 0.05) is 11.7 Å². The van der Waals surface area contributed by atoms with Crippen LogP contribution in [0.1, 0.15) is 39.2 Å². The van der Waals surface area contributed by atoms with E-state index in [9.17, 15) is 4.79 Å². The van der Waals surface area contributed by atoms with Crippen molar-refractivity contribution < 1.29 is 9.90 Å². The minimum Gasteiger partial charge on any atom is -0.480 e. The number of aliphatic carboxylic acids is 1. The highest BCUT2D eigenvalue weighted by Crippen LogP contribution is 2.21. The summed E-state index contributed by atoms with van der Waals surface area (Å²) >= 11 is 0. The molecule has 0 aliphatic rings. The largest absolute Gasteiger partial charge is 0.480 e. The Morgan fingerprint density at radius 3 is 2.21 bits per heavy atom. The molecule has 0 aliphatic heterocycles. The second-order valence-electron chi connectivity index (χ2n) is 5.68. The van der Waals surface area contributed by atoms with E-state index in [1.165, 1.54) is 5.56 Å². The van der Waals surface area contributed by atoms with Gasteiger partial charge in [-0.15, -0.1) is 0 Å². The lowest BCUT2D eigenvalue weighted by Gasteiger charge is -2.30. The molecular formula is C16H25NO2. The number of carboxylic acid groups (broad SMARTS) is 1. The van der Waals surface area contributed by atoms with Crippen molar-refractivity contribution in [1.82, 2.24) is 0 Å². The van der Waals surface area contributed by atoms with E-state index in [1.807, 2.05) is 36.1 Å². The summed E-state index contributed by atoms with van der Waals surface area (Å²) in [6.07, 6.45) is 2.13. The predicted molar refractivity (Wildman–Crippen MR) is 79.7 cm³/mol. The van der Waals surface area contributed by atoms with Gasteiger partial charge in [-0.2, -0.15) is 0 Å². The number of rotatable bonds is 7. The van der Waals surface area contributed by atoms with Crippen LogP contribution in [0.3, 0.4) is 0 Å². The fraction of sp³-hybridized carbons (Fsp3) is 0.562. The lowest BCUT2D eigenvalue weighted by Crippen LogP contribution is -2.37. The molecule has 0 spiro atoms. The monoisotopic (exact) mass is 263 g/mol. The van der Waals surface area contributed by atoms with Crippen LogP contribution in [0.15, 0.2) is 24.3 Å². The molecule has 1 rings (SSSR count). The SMILES string of the molecule is Cc1ccc(N(CC(=O)O)C(C)CCC(C)C)cc1. The molecule has 1 atom stereocenters. The molecule has 1 unspecified atom stereocenters. The molecule has 0 saturated heterocycles. The summed E-state index contributed by atoms with van der Waals surface area (Å²) in [6.45, 7) is 8.58. The Balaban J connectivity index is 2.81. The van der Waals surface area contributed by atoms with Gasteiger partial charge in [-0.25, -0.2) is 0 Å². The zero-order chi connectivity index (χ0) is 14.4. The molecular weight excluding hydrogens is 238 g/mol. The number of hydrogen-bond acceptors (Lipinski definition) is 2. The van der Waals surface area contributed by atoms with Crippen molar-refractivity contribution in [1.29, 1.82) is 0 Å². The summed E-state index contributed by atoms with van der Waals surface area (Å²) in [6, 6.07) is 8.30. The van der Waals surface area contributed by atoms with E-state index in [2.05, 4.69) is 20.8 Å². The number of benzene rings is 1. The third kappa shape index (κ3) is 5.33. The first-order chi connectivity index (χ1) is 8.90. The van der Waals surface area contributed by atoms with Crippen LogP contribution in [-0.4, -0.2) is 23.7 Å². The van der Waals surface area contributed by atoms with Gasteiger partial charge < -0.3 is 10.0 Å². The summed E-state index contributed by atoms with van der Waals surface area (Å²) in [5, 5.41) is 9.08. The molecule has 0 bridgehead atoms. The van der Waals surface area contributed by atoms with E-state index in [0.29, 0.717) is 5.92 Å². The summed E-state index contributed by atoms with van der Waals surface area (Å²) in [5.74, 6) is -0.135. The summed E-state index contributed by atoms with van der Waals surface area (Å²) < 4.78 is 0. The van der Waals surface area contributed by atoms with Crippen molar-refractivity contribution >= 4 is 11.7 Å². The maximum Gasteiger partial charge on any atom is 0.323 e. The molecule has 0 fully saturated rings. The molecule has 0 amide bonds. The van der Waals surface area contributed by atoms with Crippen molar-refractivity contribution in [2.24, 2.45) is 5.92 Å². The van der Waals surface area contributed by atoms with Crippen LogP contribution in [0, 0.1) is 12.8 Å². The lowest BCUT2D eigenvalue weighted by molar-refractivity contribution is -0.135. The van der Waals surface area contributed by atoms with Gasteiger partial charge >= 0.3 is 5.97 Å². The second kappa shape index (κ2) is 7.17. The molecule has 0 aromatic heterocycles. The van der Waals surface area contributed by atoms with Gasteiger partial charge in [0.1, 0.15) is 6.54 Å². The summed E-state index contributed by atoms with van der Waals surface area (Å²) in [7, 11) is 0. The Kier molecular flexibility index (Phi) is 5.87. The van der Waals surface area contributed by atoms with Gasteiger partial charge in [-0.3, -0.25) is 4.79 Å². The number of carboxylic acids is 1. The Hall–Kier alpha value is -1.51. The standard InChI is InChI=1S/C16H25NO2/c1-12(2)5-8-14(4)17(11-16(18)19)15-9-6-13(3)7-10-15/h6-7,9-10,12,14H,5,8,11H2,1-4H3,(H,18,19). The number of anilines is 1. The maximum absolute atomic E-state index is 11.1. The minimum atomic E-state index is -0.781. The Bertz CT molecular complexity index is 398. The molecule has 1 aromatic rings. The third-order valence-corrected chi connectivity index (χ3v) is 3.37. The van der Waals surface area contributed by atoms with Crippen molar-refractivity contribution in [3.05, 3.63) is 29.8 Å². The van der Waals surface area contributed by atoms with Crippen LogP contribution in [0.4, 0.5) is 5.69 Å². The average Bonchev–Trinajstić information content (AvgIpc) is 2.34. The molecule has 3 nitrogen and oxygen atoms in total. The van der Waals surface area contributed by atoms with E-state index < -0.39 is 5.97 Å². The van der Waals surface area contributed by atoms with Crippen molar-refractivity contribution in [2.45, 2.75) is 46.6 Å². The van der Waals surface area contributed by atoms with E-state index >= 15 is 0 Å². The topological polar surface area (TPSA) is 40.5 Å². The number of hydrogen-bond donors (Lipinski definition) is 1. The zero-order valence-corrected chi connectivity index (χ0v) is 12.4. The second-order valence-corrected chi connectivity index (χ2v) is 5.68. The number of nitrogens with zero attached hydrogens (tertiary/aromatic N) is 1. The fourth-order valence-electron chi connectivity index (χ4n) is 2.11. The molecule has 0 radical (unpaired) electrons. The van der Waals surface area contributed by atoms with Crippen LogP contribution in [0.5, 0.6) is 0 Å². The molecule has 0 saturated carbocycles. The van der Waals surface area contributed by atoms with Crippen LogP contribution < -0.4 is 4.90 Å². The molecule has 1 aromatic carbocycles. The highest BCUT2D eigenvalue weighted by Gasteiger charge is 2.17. The zero-order valence-electron chi connectivity index (χ0n) is 12.4. The minimum absolute atomic E-state index is 0.0579. The van der Waals surface area contributed by atoms with Gasteiger partial charge in [0.25, 0.3) is 0 Å². The van der Waals surface area contributed by atoms with E-state index in [4.69, 9.17) is 5.11 Å². The summed E-state index contributed by atoms with van der Waals surface area (Å²) in [4.78, 5) is 13.0. The number of aryl methyl sites for hydroxylation is 1. The maximum atomic E-state index is 11.1. The quantitative estimate of drug-likeness (QED) is 0.815. The van der Waals surface area contributed by atoms with Crippen LogP contribution >= 0.6 is 0 Å². The fourth-order valence-corrected chi connectivity index (χ4v) is 2.11. The molecule has 3 heteroatoms. The lowest BCUT2D eigenvalue weighted by atomic mass is 10.0. The third-order valence-electron chi connectivity index (χ3n) is 3.37.